The quantitative estimate of drug-likeness (QED) is 0.488. The summed E-state index contributed by atoms with van der Waals surface area (Å²) >= 11 is 7.35. The molecule has 0 bridgehead atoms. The lowest BCUT2D eigenvalue weighted by Gasteiger charge is -2.29. The number of hydrogen-bond donors (Lipinski definition) is 1. The molecule has 0 heterocycles. The van der Waals surface area contributed by atoms with Crippen LogP contribution in [0.2, 0.25) is 5.02 Å². The number of hydrogen-bond acceptors (Lipinski definition) is 4. The van der Waals surface area contributed by atoms with Crippen LogP contribution < -0.4 is 10.1 Å². The number of benzene rings is 2. The van der Waals surface area contributed by atoms with Gasteiger partial charge in [-0.15, -0.1) is 11.8 Å². The molecule has 0 saturated carbocycles. The summed E-state index contributed by atoms with van der Waals surface area (Å²) in [5.41, 5.74) is 1.22. The molecular weight excluding hydrogens is 451 g/mol. The Bertz CT molecular complexity index is 908. The molecule has 8 heteroatoms. The van der Waals surface area contributed by atoms with Crippen LogP contribution in [0.5, 0.6) is 5.75 Å². The molecular formula is C24H30ClFN2O3S. The van der Waals surface area contributed by atoms with E-state index in [0.717, 1.165) is 12.0 Å². The fraction of sp³-hybridized carbons (Fsp3) is 0.417. The highest BCUT2D eigenvalue weighted by atomic mass is 35.5. The van der Waals surface area contributed by atoms with E-state index in [1.807, 2.05) is 38.1 Å². The Morgan fingerprint density at radius 3 is 2.59 bits per heavy atom. The van der Waals surface area contributed by atoms with E-state index < -0.39 is 11.9 Å². The van der Waals surface area contributed by atoms with Gasteiger partial charge in [0.1, 0.15) is 17.6 Å². The molecule has 5 nitrogen and oxygen atoms in total. The van der Waals surface area contributed by atoms with Gasteiger partial charge in [-0.25, -0.2) is 4.39 Å². The molecule has 32 heavy (non-hydrogen) atoms. The molecule has 0 aromatic heterocycles. The zero-order valence-electron chi connectivity index (χ0n) is 18.9. The molecule has 0 unspecified atom stereocenters. The van der Waals surface area contributed by atoms with Gasteiger partial charge in [-0.3, -0.25) is 9.59 Å². The first kappa shape index (κ1) is 26.0. The lowest BCUT2D eigenvalue weighted by atomic mass is 10.1. The highest BCUT2D eigenvalue weighted by Gasteiger charge is 2.27. The first-order chi connectivity index (χ1) is 15.3. The van der Waals surface area contributed by atoms with Crippen LogP contribution in [0, 0.1) is 5.82 Å². The number of ether oxygens (including phenoxy) is 1. The largest absolute Gasteiger partial charge is 0.497 e. The molecule has 2 amide bonds. The van der Waals surface area contributed by atoms with Crippen LogP contribution in [0.25, 0.3) is 0 Å². The number of halogens is 2. The minimum absolute atomic E-state index is 0.0105. The van der Waals surface area contributed by atoms with E-state index in [4.69, 9.17) is 16.3 Å². The zero-order valence-corrected chi connectivity index (χ0v) is 20.4. The molecule has 0 aliphatic heterocycles. The summed E-state index contributed by atoms with van der Waals surface area (Å²) in [6.45, 7) is 5.88. The molecule has 174 valence electrons. The minimum atomic E-state index is -0.666. The molecule has 0 saturated heterocycles. The first-order valence-corrected chi connectivity index (χ1v) is 12.0. The van der Waals surface area contributed by atoms with Gasteiger partial charge in [0.2, 0.25) is 11.8 Å². The van der Waals surface area contributed by atoms with E-state index in [2.05, 4.69) is 5.32 Å². The normalized spacial score (nSPS) is 12.7. The Morgan fingerprint density at radius 2 is 1.94 bits per heavy atom. The first-order valence-electron chi connectivity index (χ1n) is 10.5. The van der Waals surface area contributed by atoms with Crippen molar-refractivity contribution in [1.29, 1.82) is 0 Å². The second-order valence-corrected chi connectivity index (χ2v) is 8.95. The van der Waals surface area contributed by atoms with Crippen molar-refractivity contribution < 1.29 is 18.7 Å². The van der Waals surface area contributed by atoms with Crippen molar-refractivity contribution >= 4 is 35.2 Å². The van der Waals surface area contributed by atoms with Crippen molar-refractivity contribution in [3.8, 4) is 5.75 Å². The van der Waals surface area contributed by atoms with Gasteiger partial charge in [-0.2, -0.15) is 0 Å². The van der Waals surface area contributed by atoms with E-state index in [0.29, 0.717) is 16.3 Å². The van der Waals surface area contributed by atoms with Crippen LogP contribution in [0.1, 0.15) is 38.3 Å². The van der Waals surface area contributed by atoms with Crippen molar-refractivity contribution in [1.82, 2.24) is 10.2 Å². The lowest BCUT2D eigenvalue weighted by molar-refractivity contribution is -0.138. The van der Waals surface area contributed by atoms with Crippen molar-refractivity contribution in [2.75, 3.05) is 12.9 Å². The van der Waals surface area contributed by atoms with E-state index >= 15 is 0 Å². The Labute approximate surface area is 198 Å². The van der Waals surface area contributed by atoms with Gasteiger partial charge in [-0.1, -0.05) is 36.7 Å². The molecule has 0 fully saturated rings. The maximum Gasteiger partial charge on any atom is 0.242 e. The average Bonchev–Trinajstić information content (AvgIpc) is 2.78. The summed E-state index contributed by atoms with van der Waals surface area (Å²) in [5.74, 6) is 0.213. The summed E-state index contributed by atoms with van der Waals surface area (Å²) < 4.78 is 19.3. The van der Waals surface area contributed by atoms with Gasteiger partial charge in [-0.05, 0) is 50.1 Å². The number of nitrogens with one attached hydrogen (secondary N) is 1. The van der Waals surface area contributed by atoms with Crippen molar-refractivity contribution in [2.45, 2.75) is 51.6 Å². The number of rotatable bonds is 11. The number of amides is 2. The third kappa shape index (κ3) is 7.41. The third-order valence-corrected chi connectivity index (χ3v) is 6.49. The van der Waals surface area contributed by atoms with Crippen LogP contribution in [-0.2, 0) is 21.9 Å². The van der Waals surface area contributed by atoms with E-state index in [1.165, 1.54) is 17.8 Å². The maximum atomic E-state index is 14.0. The summed E-state index contributed by atoms with van der Waals surface area (Å²) in [7, 11) is 1.58. The number of nitrogens with zero attached hydrogens (tertiary/aromatic N) is 1. The SMILES string of the molecule is CC[C@H](C)NC(=O)[C@H](C)N(Cc1cccc(OC)c1)C(=O)CSCc1c(F)cccc1Cl. The molecule has 0 spiro atoms. The predicted molar refractivity (Wildman–Crippen MR) is 128 cm³/mol. The summed E-state index contributed by atoms with van der Waals surface area (Å²) in [5, 5.41) is 3.27. The van der Waals surface area contributed by atoms with Gasteiger partial charge in [0.15, 0.2) is 0 Å². The van der Waals surface area contributed by atoms with Crippen molar-refractivity contribution in [2.24, 2.45) is 0 Å². The fourth-order valence-electron chi connectivity index (χ4n) is 3.01. The van der Waals surface area contributed by atoms with Crippen molar-refractivity contribution in [3.63, 3.8) is 0 Å². The van der Waals surface area contributed by atoms with Crippen LogP contribution in [0.15, 0.2) is 42.5 Å². The molecule has 2 aromatic rings. The highest BCUT2D eigenvalue weighted by Crippen LogP contribution is 2.24. The zero-order chi connectivity index (χ0) is 23.7. The van der Waals surface area contributed by atoms with Gasteiger partial charge in [0.25, 0.3) is 0 Å². The standard InChI is InChI=1S/C24H30ClFN2O3S/c1-5-16(2)27-24(30)17(3)28(13-18-8-6-9-19(12-18)31-4)23(29)15-32-14-20-21(25)10-7-11-22(20)26/h6-12,16-17H,5,13-15H2,1-4H3,(H,27,30)/t16-,17-/m0/s1. The van der Waals surface area contributed by atoms with Gasteiger partial charge >= 0.3 is 0 Å². The van der Waals surface area contributed by atoms with Crippen LogP contribution in [0.4, 0.5) is 4.39 Å². The topological polar surface area (TPSA) is 58.6 Å². The van der Waals surface area contributed by atoms with Crippen LogP contribution in [0.3, 0.4) is 0 Å². The number of thioether (sulfide) groups is 1. The Morgan fingerprint density at radius 1 is 1.22 bits per heavy atom. The van der Waals surface area contributed by atoms with E-state index in [-0.39, 0.29) is 35.9 Å². The fourth-order valence-corrected chi connectivity index (χ4v) is 4.26. The van der Waals surface area contributed by atoms with Gasteiger partial charge in [0, 0.05) is 28.9 Å². The lowest BCUT2D eigenvalue weighted by Crippen LogP contribution is -2.50. The Kier molecular flexibility index (Phi) is 10.3. The second kappa shape index (κ2) is 12.7. The minimum Gasteiger partial charge on any atom is -0.497 e. The number of carbonyl (C=O) groups is 2. The molecule has 0 aliphatic carbocycles. The molecule has 2 atom stereocenters. The van der Waals surface area contributed by atoms with E-state index in [9.17, 15) is 14.0 Å². The van der Waals surface area contributed by atoms with Gasteiger partial charge < -0.3 is 15.0 Å². The monoisotopic (exact) mass is 480 g/mol. The molecule has 0 aliphatic rings. The molecule has 2 aromatic carbocycles. The Balaban J connectivity index is 2.14. The predicted octanol–water partition coefficient (Wildman–Crippen LogP) is 5.05. The van der Waals surface area contributed by atoms with Crippen LogP contribution in [-0.4, -0.2) is 41.7 Å². The second-order valence-electron chi connectivity index (χ2n) is 7.56. The molecule has 2 rings (SSSR count). The smallest absolute Gasteiger partial charge is 0.242 e. The molecule has 0 radical (unpaired) electrons. The van der Waals surface area contributed by atoms with E-state index in [1.54, 1.807) is 31.1 Å². The molecule has 1 N–H and O–H groups in total. The highest BCUT2D eigenvalue weighted by molar-refractivity contribution is 7.99. The average molecular weight is 481 g/mol. The summed E-state index contributed by atoms with van der Waals surface area (Å²) in [6.07, 6.45) is 0.793. The van der Waals surface area contributed by atoms with Crippen LogP contribution >= 0.6 is 23.4 Å². The number of carbonyl (C=O) groups excluding carboxylic acids is 2. The third-order valence-electron chi connectivity index (χ3n) is 5.19. The number of methoxy groups -OCH3 is 1. The maximum absolute atomic E-state index is 14.0. The van der Waals surface area contributed by atoms with Crippen molar-refractivity contribution in [3.05, 3.63) is 64.4 Å². The van der Waals surface area contributed by atoms with Gasteiger partial charge in [0.05, 0.1) is 12.9 Å². The Hall–Kier alpha value is -2.25. The summed E-state index contributed by atoms with van der Waals surface area (Å²) in [6, 6.07) is 11.2. The summed E-state index contributed by atoms with van der Waals surface area (Å²) in [4.78, 5) is 27.4.